The molecule has 0 radical (unpaired) electrons. The number of hydrogen-bond donors (Lipinski definition) is 2. The first-order valence-corrected chi connectivity index (χ1v) is 8.99. The van der Waals surface area contributed by atoms with Gasteiger partial charge in [-0.05, 0) is 49.5 Å². The summed E-state index contributed by atoms with van der Waals surface area (Å²) in [5.41, 5.74) is 0.536. The predicted molar refractivity (Wildman–Crippen MR) is 80.6 cm³/mol. The van der Waals surface area contributed by atoms with Crippen molar-refractivity contribution >= 4 is 21.6 Å². The van der Waals surface area contributed by atoms with Gasteiger partial charge in [-0.25, -0.2) is 13.1 Å². The molecule has 2 N–H and O–H groups in total. The number of benzene rings is 1. The third-order valence-corrected chi connectivity index (χ3v) is 6.40. The van der Waals surface area contributed by atoms with E-state index in [0.29, 0.717) is 11.5 Å². The summed E-state index contributed by atoms with van der Waals surface area (Å²) in [4.78, 5) is 2.34. The highest BCUT2D eigenvalue weighted by Gasteiger charge is 2.36. The Morgan fingerprint density at radius 2 is 2.05 bits per heavy atom. The van der Waals surface area contributed by atoms with Gasteiger partial charge in [-0.1, -0.05) is 17.7 Å². The molecule has 7 heteroatoms. The first-order chi connectivity index (χ1) is 9.99. The van der Waals surface area contributed by atoms with Crippen LogP contribution in [0.3, 0.4) is 0 Å². The number of aliphatic hydroxyl groups excluding tert-OH is 1. The van der Waals surface area contributed by atoms with Crippen LogP contribution >= 0.6 is 11.6 Å². The summed E-state index contributed by atoms with van der Waals surface area (Å²) in [6.45, 7) is 2.67. The molecule has 1 unspecified atom stereocenters. The molecule has 1 aromatic rings. The van der Waals surface area contributed by atoms with E-state index < -0.39 is 10.0 Å². The number of fused-ring (bicyclic) bond motifs is 3. The minimum Gasteiger partial charge on any atom is -0.392 e. The largest absolute Gasteiger partial charge is 0.392 e. The van der Waals surface area contributed by atoms with Crippen molar-refractivity contribution in [3.05, 3.63) is 28.8 Å². The average Bonchev–Trinajstić information content (AvgIpc) is 2.48. The van der Waals surface area contributed by atoms with Crippen molar-refractivity contribution in [2.75, 3.05) is 19.6 Å². The number of sulfonamides is 1. The van der Waals surface area contributed by atoms with Crippen LogP contribution in [-0.4, -0.2) is 44.1 Å². The fourth-order valence-electron chi connectivity index (χ4n) is 3.21. The molecular formula is C14H19ClN2O3S. The third-order valence-electron chi connectivity index (χ3n) is 4.43. The highest BCUT2D eigenvalue weighted by atomic mass is 35.5. The number of piperidine rings is 3. The Morgan fingerprint density at radius 3 is 2.62 bits per heavy atom. The molecule has 1 aromatic carbocycles. The average molecular weight is 331 g/mol. The molecule has 3 heterocycles. The second-order valence-corrected chi connectivity index (χ2v) is 7.88. The normalized spacial score (nSPS) is 28.8. The molecule has 0 saturated carbocycles. The zero-order valence-corrected chi connectivity index (χ0v) is 13.2. The van der Waals surface area contributed by atoms with E-state index in [-0.39, 0.29) is 22.6 Å². The molecule has 0 amide bonds. The summed E-state index contributed by atoms with van der Waals surface area (Å²) < 4.78 is 27.9. The fraction of sp³-hybridized carbons (Fsp3) is 0.571. The lowest BCUT2D eigenvalue weighted by atomic mass is 9.85. The Balaban J connectivity index is 1.84. The van der Waals surface area contributed by atoms with Gasteiger partial charge in [-0.3, -0.25) is 0 Å². The number of nitrogens with zero attached hydrogens (tertiary/aromatic N) is 1. The Hall–Kier alpha value is -0.660. The van der Waals surface area contributed by atoms with Crippen molar-refractivity contribution in [2.24, 2.45) is 5.92 Å². The SMILES string of the molecule is O=S(=O)(NC1CN2CCC1CC2)c1cc(CO)ccc1Cl. The topological polar surface area (TPSA) is 69.6 Å². The van der Waals surface area contributed by atoms with E-state index in [1.165, 1.54) is 12.1 Å². The van der Waals surface area contributed by atoms with Crippen molar-refractivity contribution < 1.29 is 13.5 Å². The van der Waals surface area contributed by atoms with Crippen LogP contribution in [-0.2, 0) is 16.6 Å². The molecule has 3 fully saturated rings. The van der Waals surface area contributed by atoms with Crippen molar-refractivity contribution in [2.45, 2.75) is 30.4 Å². The second kappa shape index (κ2) is 5.85. The van der Waals surface area contributed by atoms with Gasteiger partial charge < -0.3 is 10.0 Å². The smallest absolute Gasteiger partial charge is 0.242 e. The van der Waals surface area contributed by atoms with Gasteiger partial charge in [0.1, 0.15) is 4.90 Å². The molecule has 1 atom stereocenters. The van der Waals surface area contributed by atoms with Crippen LogP contribution in [0, 0.1) is 5.92 Å². The molecule has 3 aliphatic rings. The highest BCUT2D eigenvalue weighted by Crippen LogP contribution is 2.30. The van der Waals surface area contributed by atoms with Crippen molar-refractivity contribution in [1.82, 2.24) is 9.62 Å². The minimum absolute atomic E-state index is 0.0483. The summed E-state index contributed by atoms with van der Waals surface area (Å²) in [7, 11) is -3.67. The standard InChI is InChI=1S/C14H19ClN2O3S/c15-12-2-1-10(9-18)7-14(12)21(19,20)16-13-8-17-5-3-11(13)4-6-17/h1-2,7,11,13,16,18H,3-6,8-9H2. The van der Waals surface area contributed by atoms with Crippen LogP contribution in [0.1, 0.15) is 18.4 Å². The van der Waals surface area contributed by atoms with Crippen LogP contribution in [0.2, 0.25) is 5.02 Å². The molecule has 0 spiro atoms. The predicted octanol–water partition coefficient (Wildman–Crippen LogP) is 1.20. The van der Waals surface area contributed by atoms with E-state index in [1.54, 1.807) is 6.07 Å². The summed E-state index contributed by atoms with van der Waals surface area (Å²) in [5.74, 6) is 0.407. The van der Waals surface area contributed by atoms with Gasteiger partial charge in [0.05, 0.1) is 11.6 Å². The number of aliphatic hydroxyl groups is 1. The molecule has 116 valence electrons. The molecule has 5 nitrogen and oxygen atoms in total. The van der Waals surface area contributed by atoms with Crippen LogP contribution in [0.4, 0.5) is 0 Å². The second-order valence-electron chi connectivity index (χ2n) is 5.79. The van der Waals surface area contributed by atoms with Gasteiger partial charge in [-0.15, -0.1) is 0 Å². The minimum atomic E-state index is -3.67. The highest BCUT2D eigenvalue weighted by molar-refractivity contribution is 7.89. The van der Waals surface area contributed by atoms with Crippen molar-refractivity contribution in [1.29, 1.82) is 0 Å². The van der Waals surface area contributed by atoms with Gasteiger partial charge in [0.15, 0.2) is 0 Å². The summed E-state index contributed by atoms with van der Waals surface area (Å²) >= 11 is 6.02. The lowest BCUT2D eigenvalue weighted by Gasteiger charge is -2.44. The van der Waals surface area contributed by atoms with Gasteiger partial charge in [0.2, 0.25) is 10.0 Å². The van der Waals surface area contributed by atoms with E-state index in [0.717, 1.165) is 32.5 Å². The van der Waals surface area contributed by atoms with Crippen molar-refractivity contribution in [3.8, 4) is 0 Å². The lowest BCUT2D eigenvalue weighted by Crippen LogP contribution is -2.57. The quantitative estimate of drug-likeness (QED) is 0.870. The first kappa shape index (κ1) is 15.2. The molecule has 4 rings (SSSR count). The van der Waals surface area contributed by atoms with E-state index in [1.807, 2.05) is 0 Å². The maximum Gasteiger partial charge on any atom is 0.242 e. The lowest BCUT2D eigenvalue weighted by molar-refractivity contribution is 0.0827. The molecular weight excluding hydrogens is 312 g/mol. The zero-order chi connectivity index (χ0) is 15.0. The van der Waals surface area contributed by atoms with E-state index in [2.05, 4.69) is 9.62 Å². The molecule has 3 aliphatic heterocycles. The van der Waals surface area contributed by atoms with Crippen LogP contribution < -0.4 is 4.72 Å². The van der Waals surface area contributed by atoms with Crippen LogP contribution in [0.5, 0.6) is 0 Å². The van der Waals surface area contributed by atoms with Crippen LogP contribution in [0.25, 0.3) is 0 Å². The summed E-state index contributed by atoms with van der Waals surface area (Å²) in [6, 6.07) is 4.52. The van der Waals surface area contributed by atoms with Gasteiger partial charge >= 0.3 is 0 Å². The van der Waals surface area contributed by atoms with Crippen LogP contribution in [0.15, 0.2) is 23.1 Å². The maximum atomic E-state index is 12.6. The molecule has 0 aliphatic carbocycles. The van der Waals surface area contributed by atoms with Crippen molar-refractivity contribution in [3.63, 3.8) is 0 Å². The first-order valence-electron chi connectivity index (χ1n) is 7.13. The summed E-state index contributed by atoms with van der Waals surface area (Å²) in [6.07, 6.45) is 2.08. The maximum absolute atomic E-state index is 12.6. The number of nitrogens with one attached hydrogen (secondary N) is 1. The Kier molecular flexibility index (Phi) is 4.25. The third kappa shape index (κ3) is 3.10. The van der Waals surface area contributed by atoms with E-state index in [9.17, 15) is 8.42 Å². The number of hydrogen-bond acceptors (Lipinski definition) is 4. The van der Waals surface area contributed by atoms with E-state index in [4.69, 9.17) is 16.7 Å². The Labute approximate surface area is 130 Å². The van der Waals surface area contributed by atoms with E-state index >= 15 is 0 Å². The summed E-state index contributed by atoms with van der Waals surface area (Å²) in [5, 5.41) is 9.34. The Bertz CT molecular complexity index is 627. The Morgan fingerprint density at radius 1 is 1.33 bits per heavy atom. The fourth-order valence-corrected chi connectivity index (χ4v) is 5.06. The molecule has 21 heavy (non-hydrogen) atoms. The van der Waals surface area contributed by atoms with Gasteiger partial charge in [0, 0.05) is 12.6 Å². The molecule has 2 bridgehead atoms. The molecule has 0 aromatic heterocycles. The van der Waals surface area contributed by atoms with Gasteiger partial charge in [0.25, 0.3) is 0 Å². The molecule has 3 saturated heterocycles. The zero-order valence-electron chi connectivity index (χ0n) is 11.6. The number of rotatable bonds is 4. The van der Waals surface area contributed by atoms with Gasteiger partial charge in [-0.2, -0.15) is 0 Å². The number of halogens is 1. The monoisotopic (exact) mass is 330 g/mol.